The summed E-state index contributed by atoms with van der Waals surface area (Å²) in [5.74, 6) is 0.542. The highest BCUT2D eigenvalue weighted by atomic mass is 79.9. The van der Waals surface area contributed by atoms with E-state index in [2.05, 4.69) is 20.9 Å². The Morgan fingerprint density at radius 1 is 1.50 bits per heavy atom. The first-order valence-electron chi connectivity index (χ1n) is 4.24. The van der Waals surface area contributed by atoms with Crippen LogP contribution < -0.4 is 4.74 Å². The zero-order valence-electron chi connectivity index (χ0n) is 7.70. The molecule has 1 aliphatic rings. The fourth-order valence-electron chi connectivity index (χ4n) is 1.32. The van der Waals surface area contributed by atoms with Crippen molar-refractivity contribution in [3.05, 3.63) is 22.3 Å². The number of halogens is 1. The zero-order valence-corrected chi connectivity index (χ0v) is 9.28. The minimum Gasteiger partial charge on any atom is -0.481 e. The smallest absolute Gasteiger partial charge is 0.221 e. The van der Waals surface area contributed by atoms with E-state index < -0.39 is 0 Å². The van der Waals surface area contributed by atoms with Crippen LogP contribution in [-0.4, -0.2) is 25.3 Å². The number of ether oxygens (including phenoxy) is 3. The summed E-state index contributed by atoms with van der Waals surface area (Å²) >= 11 is 3.34. The molecule has 14 heavy (non-hydrogen) atoms. The SMILES string of the molecule is COc1ncc(Br)cc1C1OCCO1. The maximum Gasteiger partial charge on any atom is 0.221 e. The molecule has 1 aromatic rings. The Kier molecular flexibility index (Phi) is 3.00. The number of rotatable bonds is 2. The quantitative estimate of drug-likeness (QED) is 0.814. The van der Waals surface area contributed by atoms with Gasteiger partial charge in [0.25, 0.3) is 0 Å². The summed E-state index contributed by atoms with van der Waals surface area (Å²) in [5.41, 5.74) is 0.819. The Hall–Kier alpha value is -0.650. The first kappa shape index (κ1) is 9.89. The van der Waals surface area contributed by atoms with Gasteiger partial charge in [-0.15, -0.1) is 0 Å². The van der Waals surface area contributed by atoms with Crippen LogP contribution in [0.25, 0.3) is 0 Å². The molecule has 0 amide bonds. The molecular weight excluding hydrogens is 250 g/mol. The Morgan fingerprint density at radius 3 is 2.86 bits per heavy atom. The van der Waals surface area contributed by atoms with Gasteiger partial charge >= 0.3 is 0 Å². The lowest BCUT2D eigenvalue weighted by Gasteiger charge is -2.12. The van der Waals surface area contributed by atoms with Crippen molar-refractivity contribution < 1.29 is 14.2 Å². The molecule has 1 saturated heterocycles. The molecule has 0 aliphatic carbocycles. The van der Waals surface area contributed by atoms with Gasteiger partial charge in [0.1, 0.15) is 0 Å². The normalized spacial score (nSPS) is 17.3. The van der Waals surface area contributed by atoms with Crippen LogP contribution in [0.5, 0.6) is 5.88 Å². The summed E-state index contributed by atoms with van der Waals surface area (Å²) in [6.07, 6.45) is 1.33. The molecule has 4 nitrogen and oxygen atoms in total. The van der Waals surface area contributed by atoms with E-state index in [4.69, 9.17) is 14.2 Å². The highest BCUT2D eigenvalue weighted by Gasteiger charge is 2.23. The van der Waals surface area contributed by atoms with E-state index in [-0.39, 0.29) is 6.29 Å². The second kappa shape index (κ2) is 4.25. The number of pyridine rings is 1. The van der Waals surface area contributed by atoms with Gasteiger partial charge in [0.05, 0.1) is 25.9 Å². The van der Waals surface area contributed by atoms with Crippen molar-refractivity contribution in [1.29, 1.82) is 0 Å². The minimum atomic E-state index is -0.352. The monoisotopic (exact) mass is 259 g/mol. The summed E-state index contributed by atoms with van der Waals surface area (Å²) < 4.78 is 16.7. The van der Waals surface area contributed by atoms with Crippen LogP contribution in [0.15, 0.2) is 16.7 Å². The molecule has 2 heterocycles. The van der Waals surface area contributed by atoms with Gasteiger partial charge in [-0.3, -0.25) is 0 Å². The molecular formula is C9H10BrNO3. The van der Waals surface area contributed by atoms with Gasteiger partial charge in [-0.05, 0) is 22.0 Å². The van der Waals surface area contributed by atoms with Crippen LogP contribution >= 0.6 is 15.9 Å². The molecule has 1 aliphatic heterocycles. The number of methoxy groups -OCH3 is 1. The molecule has 0 radical (unpaired) electrons. The van der Waals surface area contributed by atoms with E-state index in [0.29, 0.717) is 19.1 Å². The van der Waals surface area contributed by atoms with Crippen molar-refractivity contribution in [3.63, 3.8) is 0 Å². The third kappa shape index (κ3) is 1.89. The molecule has 5 heteroatoms. The fraction of sp³-hybridized carbons (Fsp3) is 0.444. The standard InChI is InChI=1S/C9H10BrNO3/c1-12-8-7(4-6(10)5-11-8)9-13-2-3-14-9/h4-5,9H,2-3H2,1H3. The maximum atomic E-state index is 5.37. The first-order valence-corrected chi connectivity index (χ1v) is 5.03. The molecule has 0 unspecified atom stereocenters. The Balaban J connectivity index is 2.33. The zero-order chi connectivity index (χ0) is 9.97. The van der Waals surface area contributed by atoms with Gasteiger partial charge in [0.2, 0.25) is 5.88 Å². The third-order valence-corrected chi connectivity index (χ3v) is 2.35. The molecule has 0 atom stereocenters. The summed E-state index contributed by atoms with van der Waals surface area (Å²) in [6, 6.07) is 1.89. The van der Waals surface area contributed by atoms with Gasteiger partial charge in [-0.25, -0.2) is 4.98 Å². The highest BCUT2D eigenvalue weighted by Crippen LogP contribution is 2.31. The second-order valence-electron chi connectivity index (χ2n) is 2.83. The molecule has 76 valence electrons. The molecule has 0 bridgehead atoms. The summed E-state index contributed by atoms with van der Waals surface area (Å²) in [5, 5.41) is 0. The molecule has 2 rings (SSSR count). The highest BCUT2D eigenvalue weighted by molar-refractivity contribution is 9.10. The molecule has 0 saturated carbocycles. The molecule has 0 aromatic carbocycles. The molecule has 0 N–H and O–H groups in total. The summed E-state index contributed by atoms with van der Waals surface area (Å²) in [4.78, 5) is 4.11. The molecule has 0 spiro atoms. The number of nitrogens with zero attached hydrogens (tertiary/aromatic N) is 1. The van der Waals surface area contributed by atoms with E-state index in [1.54, 1.807) is 13.3 Å². The maximum absolute atomic E-state index is 5.37. The Morgan fingerprint density at radius 2 is 2.21 bits per heavy atom. The Labute approximate surface area is 90.3 Å². The van der Waals surface area contributed by atoms with Gasteiger partial charge < -0.3 is 14.2 Å². The minimum absolute atomic E-state index is 0.352. The average molecular weight is 260 g/mol. The van der Waals surface area contributed by atoms with E-state index in [1.807, 2.05) is 6.07 Å². The van der Waals surface area contributed by atoms with E-state index in [1.165, 1.54) is 0 Å². The third-order valence-electron chi connectivity index (χ3n) is 1.91. The van der Waals surface area contributed by atoms with E-state index >= 15 is 0 Å². The van der Waals surface area contributed by atoms with Crippen LogP contribution in [-0.2, 0) is 9.47 Å². The van der Waals surface area contributed by atoms with Crippen LogP contribution in [0.1, 0.15) is 11.9 Å². The van der Waals surface area contributed by atoms with Gasteiger partial charge in [-0.1, -0.05) is 0 Å². The van der Waals surface area contributed by atoms with Crippen molar-refractivity contribution >= 4 is 15.9 Å². The van der Waals surface area contributed by atoms with Crippen LogP contribution in [0, 0.1) is 0 Å². The van der Waals surface area contributed by atoms with Crippen LogP contribution in [0.3, 0.4) is 0 Å². The Bertz CT molecular complexity index is 326. The van der Waals surface area contributed by atoms with Crippen LogP contribution in [0.2, 0.25) is 0 Å². The predicted molar refractivity (Wildman–Crippen MR) is 53.1 cm³/mol. The second-order valence-corrected chi connectivity index (χ2v) is 3.74. The van der Waals surface area contributed by atoms with Crippen molar-refractivity contribution in [3.8, 4) is 5.88 Å². The van der Waals surface area contributed by atoms with Crippen molar-refractivity contribution in [1.82, 2.24) is 4.98 Å². The van der Waals surface area contributed by atoms with Crippen LogP contribution in [0.4, 0.5) is 0 Å². The number of hydrogen-bond donors (Lipinski definition) is 0. The van der Waals surface area contributed by atoms with Crippen molar-refractivity contribution in [2.75, 3.05) is 20.3 Å². The number of hydrogen-bond acceptors (Lipinski definition) is 4. The van der Waals surface area contributed by atoms with E-state index in [9.17, 15) is 0 Å². The van der Waals surface area contributed by atoms with Gasteiger partial charge in [-0.2, -0.15) is 0 Å². The largest absolute Gasteiger partial charge is 0.481 e. The lowest BCUT2D eigenvalue weighted by Crippen LogP contribution is -2.02. The van der Waals surface area contributed by atoms with Crippen molar-refractivity contribution in [2.45, 2.75) is 6.29 Å². The molecule has 1 fully saturated rings. The van der Waals surface area contributed by atoms with E-state index in [0.717, 1.165) is 10.0 Å². The first-order chi connectivity index (χ1) is 6.81. The molecule has 1 aromatic heterocycles. The predicted octanol–water partition coefficient (Wildman–Crippen LogP) is 1.90. The van der Waals surface area contributed by atoms with Gasteiger partial charge in [0, 0.05) is 10.7 Å². The summed E-state index contributed by atoms with van der Waals surface area (Å²) in [7, 11) is 1.58. The van der Waals surface area contributed by atoms with Crippen molar-refractivity contribution in [2.24, 2.45) is 0 Å². The van der Waals surface area contributed by atoms with Gasteiger partial charge in [0.15, 0.2) is 6.29 Å². The fourth-order valence-corrected chi connectivity index (χ4v) is 1.67. The lowest BCUT2D eigenvalue weighted by molar-refractivity contribution is -0.0458. The lowest BCUT2D eigenvalue weighted by atomic mass is 10.2. The number of aromatic nitrogens is 1. The topological polar surface area (TPSA) is 40.6 Å². The average Bonchev–Trinajstić information content (AvgIpc) is 2.70. The summed E-state index contributed by atoms with van der Waals surface area (Å²) in [6.45, 7) is 1.22.